The van der Waals surface area contributed by atoms with Gasteiger partial charge in [0.15, 0.2) is 11.5 Å². The Labute approximate surface area is 226 Å². The van der Waals surface area contributed by atoms with Gasteiger partial charge in [-0.15, -0.1) is 0 Å². The Balaban J connectivity index is 1.18. The molecule has 39 heavy (non-hydrogen) atoms. The summed E-state index contributed by atoms with van der Waals surface area (Å²) in [6.45, 7) is 5.35. The van der Waals surface area contributed by atoms with Crippen LogP contribution in [0.1, 0.15) is 68.4 Å². The number of hydrogen-bond donors (Lipinski definition) is 1. The van der Waals surface area contributed by atoms with Crippen LogP contribution in [0.4, 0.5) is 11.4 Å². The first kappa shape index (κ1) is 25.4. The fourth-order valence-electron chi connectivity index (χ4n) is 7.33. The summed E-state index contributed by atoms with van der Waals surface area (Å²) >= 11 is 0. The van der Waals surface area contributed by atoms with Gasteiger partial charge in [0.05, 0.1) is 42.1 Å². The first-order chi connectivity index (χ1) is 18.9. The molecule has 2 heterocycles. The van der Waals surface area contributed by atoms with Crippen LogP contribution in [0.3, 0.4) is 0 Å². The number of amides is 1. The summed E-state index contributed by atoms with van der Waals surface area (Å²) in [4.78, 5) is 24.6. The Hall–Kier alpha value is -3.89. The van der Waals surface area contributed by atoms with Crippen molar-refractivity contribution in [2.45, 2.75) is 64.5 Å². The molecular formula is C28H34N6O5. The smallest absolute Gasteiger partial charge is 0.320 e. The molecule has 1 N–H and O–H groups in total. The lowest BCUT2D eigenvalue weighted by Crippen LogP contribution is -2.52. The highest BCUT2D eigenvalue weighted by molar-refractivity contribution is 6.05. The van der Waals surface area contributed by atoms with E-state index in [2.05, 4.69) is 15.5 Å². The third-order valence-electron chi connectivity index (χ3n) is 8.44. The summed E-state index contributed by atoms with van der Waals surface area (Å²) in [6, 6.07) is 5.72. The van der Waals surface area contributed by atoms with Gasteiger partial charge in [0, 0.05) is 6.20 Å². The number of nitrogens with one attached hydrogen (secondary N) is 1. The maximum atomic E-state index is 13.2. The molecule has 0 spiro atoms. The van der Waals surface area contributed by atoms with Crippen molar-refractivity contribution in [2.24, 2.45) is 17.8 Å². The zero-order chi connectivity index (χ0) is 27.1. The molecular weight excluding hydrogens is 500 g/mol. The molecule has 206 valence electrons. The molecule has 0 aliphatic heterocycles. The van der Waals surface area contributed by atoms with Crippen LogP contribution in [0.15, 0.2) is 36.8 Å². The predicted molar refractivity (Wildman–Crippen MR) is 143 cm³/mol. The van der Waals surface area contributed by atoms with Crippen molar-refractivity contribution in [1.82, 2.24) is 19.6 Å². The van der Waals surface area contributed by atoms with Crippen LogP contribution in [-0.4, -0.2) is 43.6 Å². The number of nitro groups is 1. The van der Waals surface area contributed by atoms with Crippen molar-refractivity contribution >= 4 is 17.3 Å². The molecule has 0 radical (unpaired) electrons. The minimum atomic E-state index is -0.607. The van der Waals surface area contributed by atoms with Gasteiger partial charge in [0.25, 0.3) is 5.91 Å². The molecule has 11 heteroatoms. The summed E-state index contributed by atoms with van der Waals surface area (Å²) in [5, 5.41) is 23.6. The van der Waals surface area contributed by atoms with Crippen LogP contribution in [0, 0.1) is 27.9 Å². The van der Waals surface area contributed by atoms with Gasteiger partial charge in [-0.05, 0) is 87.8 Å². The Morgan fingerprint density at radius 3 is 2.38 bits per heavy atom. The molecule has 11 nitrogen and oxygen atoms in total. The molecule has 0 saturated heterocycles. The maximum absolute atomic E-state index is 13.2. The van der Waals surface area contributed by atoms with E-state index in [0.717, 1.165) is 24.8 Å². The number of ether oxygens (including phenoxy) is 2. The summed E-state index contributed by atoms with van der Waals surface area (Å²) in [6.07, 6.45) is 11.4. The number of carbonyl (C=O) groups is 1. The Bertz CT molecular complexity index is 1360. The van der Waals surface area contributed by atoms with Crippen molar-refractivity contribution in [1.29, 1.82) is 0 Å². The first-order valence-electron chi connectivity index (χ1n) is 13.8. The topological polar surface area (TPSA) is 126 Å². The van der Waals surface area contributed by atoms with Crippen LogP contribution in [0.2, 0.25) is 0 Å². The standard InChI is InChI=1S/C28H34N6O5/c1-3-38-24-6-5-18(10-25(24)39-4-2)15-32-16-22(14-29-32)30-27(35)26-23(34(36)37)17-33(31-26)28-11-19-7-20(12-28)9-21(8-19)13-28/h5-6,10,14,16-17,19-21H,3-4,7-9,11-13,15H2,1-2H3,(H,30,35). The number of anilines is 1. The van der Waals surface area contributed by atoms with Crippen LogP contribution in [-0.2, 0) is 12.1 Å². The van der Waals surface area contributed by atoms with Gasteiger partial charge in [-0.2, -0.15) is 10.2 Å². The number of benzene rings is 1. The largest absolute Gasteiger partial charge is 0.490 e. The molecule has 4 bridgehead atoms. The van der Waals surface area contributed by atoms with Crippen LogP contribution >= 0.6 is 0 Å². The summed E-state index contributed by atoms with van der Waals surface area (Å²) < 4.78 is 14.8. The zero-order valence-electron chi connectivity index (χ0n) is 22.3. The van der Waals surface area contributed by atoms with E-state index in [1.807, 2.05) is 32.0 Å². The normalized spacial score (nSPS) is 25.0. The highest BCUT2D eigenvalue weighted by Crippen LogP contribution is 2.58. The van der Waals surface area contributed by atoms with Gasteiger partial charge in [-0.25, -0.2) is 0 Å². The SMILES string of the molecule is CCOc1ccc(Cn2cc(NC(=O)c3nn(C45CC6CC(CC(C6)C4)C5)cc3[N+](=O)[O-])cn2)cc1OCC. The number of nitrogens with zero attached hydrogens (tertiary/aromatic N) is 5. The molecule has 4 aliphatic carbocycles. The molecule has 4 fully saturated rings. The number of rotatable bonds is 10. The molecule has 4 saturated carbocycles. The number of carbonyl (C=O) groups excluding carboxylic acids is 1. The summed E-state index contributed by atoms with van der Waals surface area (Å²) in [5.41, 5.74) is 0.772. The lowest BCUT2D eigenvalue weighted by Gasteiger charge is -2.56. The lowest BCUT2D eigenvalue weighted by atomic mass is 9.53. The summed E-state index contributed by atoms with van der Waals surface area (Å²) in [7, 11) is 0. The minimum Gasteiger partial charge on any atom is -0.490 e. The highest BCUT2D eigenvalue weighted by Gasteiger charge is 2.53. The van der Waals surface area contributed by atoms with Gasteiger partial charge in [0.1, 0.15) is 6.20 Å². The second kappa shape index (κ2) is 10.0. The molecule has 0 unspecified atom stereocenters. The third kappa shape index (κ3) is 4.86. The van der Waals surface area contributed by atoms with Gasteiger partial charge in [-0.1, -0.05) is 6.07 Å². The zero-order valence-corrected chi connectivity index (χ0v) is 22.3. The van der Waals surface area contributed by atoms with E-state index < -0.39 is 10.8 Å². The van der Waals surface area contributed by atoms with Gasteiger partial charge >= 0.3 is 5.69 Å². The van der Waals surface area contributed by atoms with E-state index in [9.17, 15) is 14.9 Å². The first-order valence-corrected chi connectivity index (χ1v) is 13.8. The van der Waals surface area contributed by atoms with Gasteiger partial charge in [0.2, 0.25) is 5.69 Å². The average molecular weight is 535 g/mol. The van der Waals surface area contributed by atoms with E-state index >= 15 is 0 Å². The Kier molecular flexibility index (Phi) is 6.52. The second-order valence-corrected chi connectivity index (χ2v) is 11.2. The fraction of sp³-hybridized carbons (Fsp3) is 0.536. The monoisotopic (exact) mass is 534 g/mol. The van der Waals surface area contributed by atoms with E-state index in [0.29, 0.717) is 54.7 Å². The number of hydrogen-bond acceptors (Lipinski definition) is 7. The Morgan fingerprint density at radius 2 is 1.74 bits per heavy atom. The number of aromatic nitrogens is 4. The van der Waals surface area contributed by atoms with Gasteiger partial charge < -0.3 is 14.8 Å². The Morgan fingerprint density at radius 1 is 1.08 bits per heavy atom. The predicted octanol–water partition coefficient (Wildman–Crippen LogP) is 5.01. The highest BCUT2D eigenvalue weighted by atomic mass is 16.6. The van der Waals surface area contributed by atoms with E-state index in [1.54, 1.807) is 15.6 Å². The maximum Gasteiger partial charge on any atom is 0.320 e. The molecule has 1 amide bonds. The molecule has 7 rings (SSSR count). The van der Waals surface area contributed by atoms with Crippen LogP contribution in [0.25, 0.3) is 0 Å². The molecule has 4 aliphatic rings. The van der Waals surface area contributed by atoms with Crippen molar-refractivity contribution in [3.8, 4) is 11.5 Å². The van der Waals surface area contributed by atoms with Crippen LogP contribution < -0.4 is 14.8 Å². The lowest BCUT2D eigenvalue weighted by molar-refractivity contribution is -0.385. The van der Waals surface area contributed by atoms with E-state index in [-0.39, 0.29) is 16.9 Å². The second-order valence-electron chi connectivity index (χ2n) is 11.2. The van der Waals surface area contributed by atoms with Gasteiger partial charge in [-0.3, -0.25) is 24.3 Å². The van der Waals surface area contributed by atoms with Crippen molar-refractivity contribution in [3.05, 3.63) is 58.2 Å². The third-order valence-corrected chi connectivity index (χ3v) is 8.44. The molecule has 1 aromatic carbocycles. The molecule has 0 atom stereocenters. The van der Waals surface area contributed by atoms with Crippen molar-refractivity contribution < 1.29 is 19.2 Å². The van der Waals surface area contributed by atoms with Crippen molar-refractivity contribution in [2.75, 3.05) is 18.5 Å². The van der Waals surface area contributed by atoms with Crippen molar-refractivity contribution in [3.63, 3.8) is 0 Å². The molecule has 3 aromatic rings. The fourth-order valence-corrected chi connectivity index (χ4v) is 7.33. The summed E-state index contributed by atoms with van der Waals surface area (Å²) in [5.74, 6) is 2.71. The van der Waals surface area contributed by atoms with Crippen LogP contribution in [0.5, 0.6) is 11.5 Å². The average Bonchev–Trinajstić information content (AvgIpc) is 3.53. The van der Waals surface area contributed by atoms with E-state index in [4.69, 9.17) is 9.47 Å². The van der Waals surface area contributed by atoms with E-state index in [1.165, 1.54) is 31.7 Å². The minimum absolute atomic E-state index is 0.156. The quantitative estimate of drug-likeness (QED) is 0.286. The molecule has 2 aromatic heterocycles.